The van der Waals surface area contributed by atoms with Crippen molar-refractivity contribution in [2.24, 2.45) is 0 Å². The van der Waals surface area contributed by atoms with Crippen LogP contribution in [0.5, 0.6) is 5.75 Å². The maximum absolute atomic E-state index is 10.8. The summed E-state index contributed by atoms with van der Waals surface area (Å²) in [6.07, 6.45) is 0. The summed E-state index contributed by atoms with van der Waals surface area (Å²) in [6.45, 7) is -1.61. The molecule has 1 rings (SSSR count). The lowest BCUT2D eigenvalue weighted by Crippen LogP contribution is -2.49. The van der Waals surface area contributed by atoms with Crippen molar-refractivity contribution >= 4 is 11.4 Å². The van der Waals surface area contributed by atoms with Crippen molar-refractivity contribution in [2.45, 2.75) is 5.54 Å². The highest BCUT2D eigenvalue weighted by Gasteiger charge is 2.28. The molecule has 0 saturated heterocycles. The van der Waals surface area contributed by atoms with Gasteiger partial charge in [-0.3, -0.25) is 10.1 Å². The van der Waals surface area contributed by atoms with Crippen LogP contribution in [0.15, 0.2) is 18.2 Å². The van der Waals surface area contributed by atoms with Gasteiger partial charge in [0.05, 0.1) is 37.9 Å². The molecule has 0 fully saturated rings. The summed E-state index contributed by atoms with van der Waals surface area (Å²) in [4.78, 5) is 10.2. The Balaban J connectivity index is 3.12. The molecule has 8 heteroatoms. The molecule has 0 aromatic heterocycles. The molecule has 1 aromatic carbocycles. The number of hydrogen-bond acceptors (Lipinski definition) is 7. The Hall–Kier alpha value is -1.90. The number of rotatable bonds is 7. The first-order valence-electron chi connectivity index (χ1n) is 5.44. The number of nitrogens with zero attached hydrogens (tertiary/aromatic N) is 1. The molecule has 0 radical (unpaired) electrons. The number of aliphatic hydroxyl groups excluding tert-OH is 3. The van der Waals surface area contributed by atoms with Gasteiger partial charge in [-0.15, -0.1) is 0 Å². The van der Waals surface area contributed by atoms with Crippen molar-refractivity contribution in [3.63, 3.8) is 0 Å². The number of ether oxygens (including phenoxy) is 1. The molecule has 19 heavy (non-hydrogen) atoms. The summed E-state index contributed by atoms with van der Waals surface area (Å²) in [5.41, 5.74) is -1.31. The predicted molar refractivity (Wildman–Crippen MR) is 67.3 cm³/mol. The highest BCUT2D eigenvalue weighted by atomic mass is 16.6. The second kappa shape index (κ2) is 6.32. The van der Waals surface area contributed by atoms with Crippen molar-refractivity contribution in [2.75, 3.05) is 32.2 Å². The molecule has 0 saturated carbocycles. The Labute approximate surface area is 109 Å². The van der Waals surface area contributed by atoms with E-state index in [2.05, 4.69) is 5.32 Å². The molecular weight excluding hydrogens is 256 g/mol. The van der Waals surface area contributed by atoms with Crippen LogP contribution in [0.1, 0.15) is 0 Å². The molecule has 106 valence electrons. The minimum atomic E-state index is -1.36. The van der Waals surface area contributed by atoms with E-state index in [0.29, 0.717) is 0 Å². The molecule has 1 aromatic rings. The number of benzene rings is 1. The van der Waals surface area contributed by atoms with Crippen LogP contribution in [-0.4, -0.2) is 52.7 Å². The summed E-state index contributed by atoms with van der Waals surface area (Å²) in [6, 6.07) is 3.92. The monoisotopic (exact) mass is 272 g/mol. The van der Waals surface area contributed by atoms with E-state index in [1.807, 2.05) is 0 Å². The number of non-ortho nitro benzene ring substituents is 1. The van der Waals surface area contributed by atoms with Gasteiger partial charge in [-0.1, -0.05) is 0 Å². The van der Waals surface area contributed by atoms with Crippen molar-refractivity contribution < 1.29 is 25.0 Å². The summed E-state index contributed by atoms with van der Waals surface area (Å²) >= 11 is 0. The van der Waals surface area contributed by atoms with Crippen molar-refractivity contribution in [1.82, 2.24) is 0 Å². The van der Waals surface area contributed by atoms with Gasteiger partial charge in [0.15, 0.2) is 0 Å². The fourth-order valence-electron chi connectivity index (χ4n) is 1.45. The van der Waals surface area contributed by atoms with Gasteiger partial charge >= 0.3 is 0 Å². The highest BCUT2D eigenvalue weighted by Crippen LogP contribution is 2.27. The molecule has 0 amide bonds. The standard InChI is InChI=1S/C11H16N2O6/c1-19-10-3-8(2-9(4-10)13(17)18)12-11(5-14,6-15)7-16/h2-4,12,14-16H,5-7H2,1H3. The van der Waals surface area contributed by atoms with Crippen LogP contribution < -0.4 is 10.1 Å². The zero-order valence-electron chi connectivity index (χ0n) is 10.4. The predicted octanol–water partition coefficient (Wildman–Crippen LogP) is -0.269. The third-order valence-electron chi connectivity index (χ3n) is 2.66. The van der Waals surface area contributed by atoms with Crippen LogP contribution in [0.2, 0.25) is 0 Å². The minimum Gasteiger partial charge on any atom is -0.496 e. The van der Waals surface area contributed by atoms with Gasteiger partial charge in [0.25, 0.3) is 5.69 Å². The average molecular weight is 272 g/mol. The lowest BCUT2D eigenvalue weighted by Gasteiger charge is -2.29. The lowest BCUT2D eigenvalue weighted by atomic mass is 10.0. The lowest BCUT2D eigenvalue weighted by molar-refractivity contribution is -0.384. The molecule has 0 heterocycles. The maximum atomic E-state index is 10.8. The average Bonchev–Trinajstić information content (AvgIpc) is 2.44. The van der Waals surface area contributed by atoms with E-state index in [9.17, 15) is 25.4 Å². The van der Waals surface area contributed by atoms with Gasteiger partial charge < -0.3 is 25.4 Å². The smallest absolute Gasteiger partial charge is 0.275 e. The van der Waals surface area contributed by atoms with Gasteiger partial charge in [-0.25, -0.2) is 0 Å². The summed E-state index contributed by atoms with van der Waals surface area (Å²) in [7, 11) is 1.36. The SMILES string of the molecule is COc1cc(NC(CO)(CO)CO)cc([N+](=O)[O-])c1. The van der Waals surface area contributed by atoms with Gasteiger partial charge in [0.2, 0.25) is 0 Å². The number of methoxy groups -OCH3 is 1. The van der Waals surface area contributed by atoms with E-state index in [4.69, 9.17) is 4.74 Å². The van der Waals surface area contributed by atoms with Crippen LogP contribution in [0.4, 0.5) is 11.4 Å². The third-order valence-corrected chi connectivity index (χ3v) is 2.66. The molecule has 0 aliphatic rings. The van der Waals surface area contributed by atoms with Crippen molar-refractivity contribution in [3.8, 4) is 5.75 Å². The van der Waals surface area contributed by atoms with Crippen LogP contribution in [0.3, 0.4) is 0 Å². The second-order valence-electron chi connectivity index (χ2n) is 4.06. The largest absolute Gasteiger partial charge is 0.496 e. The zero-order chi connectivity index (χ0) is 14.5. The molecule has 8 nitrogen and oxygen atoms in total. The number of anilines is 1. The maximum Gasteiger partial charge on any atom is 0.275 e. The zero-order valence-corrected chi connectivity index (χ0v) is 10.4. The first kappa shape index (κ1) is 15.2. The molecule has 0 aliphatic heterocycles. The molecule has 0 spiro atoms. The van der Waals surface area contributed by atoms with Gasteiger partial charge in [0.1, 0.15) is 11.3 Å². The Kier molecular flexibility index (Phi) is 5.04. The first-order valence-corrected chi connectivity index (χ1v) is 5.44. The molecule has 4 N–H and O–H groups in total. The van der Waals surface area contributed by atoms with Gasteiger partial charge in [-0.2, -0.15) is 0 Å². The highest BCUT2D eigenvalue weighted by molar-refractivity contribution is 5.57. The van der Waals surface area contributed by atoms with E-state index in [1.165, 1.54) is 25.3 Å². The molecular formula is C11H16N2O6. The van der Waals surface area contributed by atoms with Crippen LogP contribution in [-0.2, 0) is 0 Å². The quantitative estimate of drug-likeness (QED) is 0.397. The number of hydrogen-bond donors (Lipinski definition) is 4. The molecule has 0 unspecified atom stereocenters. The summed E-state index contributed by atoms with van der Waals surface area (Å²) in [5.74, 6) is 0.249. The Bertz CT molecular complexity index is 439. The fraction of sp³-hybridized carbons (Fsp3) is 0.455. The van der Waals surface area contributed by atoms with E-state index < -0.39 is 30.3 Å². The second-order valence-corrected chi connectivity index (χ2v) is 4.06. The molecule has 0 aliphatic carbocycles. The van der Waals surface area contributed by atoms with Gasteiger partial charge in [-0.05, 0) is 0 Å². The van der Waals surface area contributed by atoms with Crippen molar-refractivity contribution in [1.29, 1.82) is 0 Å². The van der Waals surface area contributed by atoms with Crippen molar-refractivity contribution in [3.05, 3.63) is 28.3 Å². The first-order chi connectivity index (χ1) is 9.00. The number of nitrogens with one attached hydrogen (secondary N) is 1. The number of nitro benzene ring substituents is 1. The van der Waals surface area contributed by atoms with E-state index >= 15 is 0 Å². The van der Waals surface area contributed by atoms with Crippen LogP contribution >= 0.6 is 0 Å². The minimum absolute atomic E-state index is 0.204. The fourth-order valence-corrected chi connectivity index (χ4v) is 1.45. The van der Waals surface area contributed by atoms with E-state index in [0.717, 1.165) is 0 Å². The van der Waals surface area contributed by atoms with E-state index in [1.54, 1.807) is 0 Å². The van der Waals surface area contributed by atoms with E-state index in [-0.39, 0.29) is 17.1 Å². The molecule has 0 bridgehead atoms. The Morgan fingerprint density at radius 1 is 1.26 bits per heavy atom. The Morgan fingerprint density at radius 2 is 1.84 bits per heavy atom. The normalized spacial score (nSPS) is 11.2. The van der Waals surface area contributed by atoms with Crippen LogP contribution in [0.25, 0.3) is 0 Å². The van der Waals surface area contributed by atoms with Crippen LogP contribution in [0, 0.1) is 10.1 Å². The summed E-state index contributed by atoms with van der Waals surface area (Å²) < 4.78 is 4.93. The summed E-state index contributed by atoms with van der Waals surface area (Å²) in [5, 5.41) is 41.0. The number of aliphatic hydroxyl groups is 3. The molecule has 0 atom stereocenters. The number of nitro groups is 1. The Morgan fingerprint density at radius 3 is 2.26 bits per heavy atom. The topological polar surface area (TPSA) is 125 Å². The third kappa shape index (κ3) is 3.53. The van der Waals surface area contributed by atoms with Gasteiger partial charge in [0, 0.05) is 17.8 Å².